The Morgan fingerprint density at radius 3 is 0.979 bits per heavy atom. The van der Waals surface area contributed by atoms with Gasteiger partial charge in [-0.2, -0.15) is 21.0 Å². The summed E-state index contributed by atoms with van der Waals surface area (Å²) in [5.74, 6) is 0. The summed E-state index contributed by atoms with van der Waals surface area (Å²) in [6.07, 6.45) is 0. The maximum Gasteiger partial charge on any atom is 0.135 e. The molecule has 0 atom stereocenters. The molecule has 0 amide bonds. The fraction of sp³-hybridized carbons (Fsp3) is 0. The molecular formula is C40H18N6O. The van der Waals surface area contributed by atoms with Crippen molar-refractivity contribution in [2.24, 2.45) is 0 Å². The molecule has 0 spiro atoms. The minimum atomic E-state index is 0.548. The van der Waals surface area contributed by atoms with Gasteiger partial charge in [0.1, 0.15) is 11.2 Å². The monoisotopic (exact) mass is 598 g/mol. The second-order valence-corrected chi connectivity index (χ2v) is 11.5. The second-order valence-electron chi connectivity index (χ2n) is 11.5. The van der Waals surface area contributed by atoms with E-state index in [1.165, 1.54) is 0 Å². The van der Waals surface area contributed by atoms with Crippen molar-refractivity contribution in [1.29, 1.82) is 21.0 Å². The van der Waals surface area contributed by atoms with Gasteiger partial charge in [-0.15, -0.1) is 0 Å². The normalized spacial score (nSPS) is 11.3. The molecule has 7 nitrogen and oxygen atoms in total. The van der Waals surface area contributed by atoms with Crippen molar-refractivity contribution < 1.29 is 4.42 Å². The van der Waals surface area contributed by atoms with Crippen LogP contribution in [0.4, 0.5) is 0 Å². The molecule has 0 saturated carbocycles. The van der Waals surface area contributed by atoms with Crippen molar-refractivity contribution in [1.82, 2.24) is 9.13 Å². The lowest BCUT2D eigenvalue weighted by Gasteiger charge is -2.09. The standard InChI is InChI=1S/C40H18N6O/c41-19-23-1-7-29-30-8-2-24(20-42)14-36(30)45(35(29)13-23)27-5-11-39-33(17-27)34-18-28(6-12-40(34)47-39)46-37-15-25(21-43)3-9-31(37)32-10-4-26(22-44)16-38(32)46/h1-18H. The lowest BCUT2D eigenvalue weighted by Crippen LogP contribution is -1.95. The Labute approximate surface area is 266 Å². The van der Waals surface area contributed by atoms with Crippen LogP contribution in [0.25, 0.3) is 76.9 Å². The molecule has 0 unspecified atom stereocenters. The molecule has 0 saturated heterocycles. The summed E-state index contributed by atoms with van der Waals surface area (Å²) in [6, 6.07) is 43.6. The molecule has 0 bridgehead atoms. The Hall–Kier alpha value is -7.32. The quantitative estimate of drug-likeness (QED) is 0.196. The van der Waals surface area contributed by atoms with E-state index in [0.717, 1.165) is 76.9 Å². The predicted octanol–water partition coefficient (Wildman–Crippen LogP) is 9.27. The van der Waals surface area contributed by atoms with Crippen LogP contribution in [-0.4, -0.2) is 9.13 Å². The SMILES string of the molecule is N#Cc1ccc2c3ccc(C#N)cc3n(-c3ccc4oc5ccc(-n6c7cc(C#N)ccc7c7ccc(C#N)cc76)cc5c4c3)c2c1. The van der Waals surface area contributed by atoms with Crippen molar-refractivity contribution in [3.05, 3.63) is 131 Å². The van der Waals surface area contributed by atoms with Crippen molar-refractivity contribution in [2.75, 3.05) is 0 Å². The van der Waals surface area contributed by atoms with Gasteiger partial charge >= 0.3 is 0 Å². The smallest absolute Gasteiger partial charge is 0.135 e. The number of fused-ring (bicyclic) bond motifs is 9. The third kappa shape index (κ3) is 3.69. The van der Waals surface area contributed by atoms with E-state index in [2.05, 4.69) is 45.5 Å². The summed E-state index contributed by atoms with van der Waals surface area (Å²) in [7, 11) is 0. The lowest BCUT2D eigenvalue weighted by atomic mass is 10.1. The van der Waals surface area contributed by atoms with Crippen molar-refractivity contribution in [3.63, 3.8) is 0 Å². The number of hydrogen-bond acceptors (Lipinski definition) is 5. The second kappa shape index (κ2) is 9.59. The Balaban J connectivity index is 1.33. The van der Waals surface area contributed by atoms with Crippen molar-refractivity contribution in [3.8, 4) is 35.7 Å². The van der Waals surface area contributed by atoms with Crippen LogP contribution in [0, 0.1) is 45.3 Å². The van der Waals surface area contributed by atoms with E-state index in [9.17, 15) is 21.0 Å². The molecule has 3 aromatic heterocycles. The first kappa shape index (κ1) is 26.1. The zero-order valence-corrected chi connectivity index (χ0v) is 24.5. The molecule has 47 heavy (non-hydrogen) atoms. The summed E-state index contributed by atoms with van der Waals surface area (Å²) < 4.78 is 10.5. The summed E-state index contributed by atoms with van der Waals surface area (Å²) in [6.45, 7) is 0. The van der Waals surface area contributed by atoms with Gasteiger partial charge in [0.05, 0.1) is 68.6 Å². The van der Waals surface area contributed by atoms with Crippen LogP contribution in [0.15, 0.2) is 114 Å². The summed E-state index contributed by atoms with van der Waals surface area (Å²) in [5, 5.41) is 44.5. The molecule has 0 aliphatic rings. The molecule has 0 aliphatic heterocycles. The maximum atomic E-state index is 9.69. The van der Waals surface area contributed by atoms with Crippen molar-refractivity contribution in [2.45, 2.75) is 0 Å². The fourth-order valence-corrected chi connectivity index (χ4v) is 6.90. The first-order valence-electron chi connectivity index (χ1n) is 14.8. The number of rotatable bonds is 2. The van der Waals surface area contributed by atoms with Gasteiger partial charge in [0.15, 0.2) is 0 Å². The van der Waals surface area contributed by atoms with Gasteiger partial charge in [0, 0.05) is 43.7 Å². The first-order valence-corrected chi connectivity index (χ1v) is 14.8. The Morgan fingerprint density at radius 2 is 0.681 bits per heavy atom. The summed E-state index contributed by atoms with van der Waals surface area (Å²) in [4.78, 5) is 0. The van der Waals surface area contributed by atoms with Crippen LogP contribution in [0.2, 0.25) is 0 Å². The number of benzene rings is 6. The van der Waals surface area contributed by atoms with Crippen molar-refractivity contribution >= 4 is 65.6 Å². The topological polar surface area (TPSA) is 118 Å². The molecule has 0 N–H and O–H groups in total. The van der Waals surface area contributed by atoms with E-state index < -0.39 is 0 Å². The van der Waals surface area contributed by atoms with E-state index >= 15 is 0 Å². The highest BCUT2D eigenvalue weighted by molar-refractivity contribution is 6.13. The maximum absolute atomic E-state index is 9.69. The van der Waals surface area contributed by atoms with E-state index in [4.69, 9.17) is 4.42 Å². The Morgan fingerprint density at radius 1 is 0.362 bits per heavy atom. The molecule has 0 fully saturated rings. The molecule has 9 aromatic rings. The Kier molecular flexibility index (Phi) is 5.33. The van der Waals surface area contributed by atoms with Gasteiger partial charge in [0.25, 0.3) is 0 Å². The van der Waals surface area contributed by atoms with Gasteiger partial charge < -0.3 is 13.6 Å². The fourth-order valence-electron chi connectivity index (χ4n) is 6.90. The number of nitriles is 4. The van der Waals surface area contributed by atoms with Gasteiger partial charge in [-0.25, -0.2) is 0 Å². The minimum absolute atomic E-state index is 0.548. The molecule has 9 rings (SSSR count). The molecule has 0 radical (unpaired) electrons. The molecule has 7 heteroatoms. The average Bonchev–Trinajstić information content (AvgIpc) is 3.76. The third-order valence-corrected chi connectivity index (χ3v) is 9.00. The van der Waals surface area contributed by atoms with Gasteiger partial charge in [-0.05, 0) is 84.9 Å². The number of hydrogen-bond donors (Lipinski definition) is 0. The van der Waals surface area contributed by atoms with E-state index in [1.54, 1.807) is 0 Å². The van der Waals surface area contributed by atoms with Gasteiger partial charge in [0.2, 0.25) is 0 Å². The average molecular weight is 599 g/mol. The van der Waals surface area contributed by atoms with E-state index in [-0.39, 0.29) is 0 Å². The predicted molar refractivity (Wildman–Crippen MR) is 181 cm³/mol. The summed E-state index contributed by atoms with van der Waals surface area (Å²) in [5.41, 5.74) is 8.84. The highest BCUT2D eigenvalue weighted by Gasteiger charge is 2.18. The van der Waals surface area contributed by atoms with Crippen LogP contribution < -0.4 is 0 Å². The van der Waals surface area contributed by atoms with Crippen LogP contribution >= 0.6 is 0 Å². The van der Waals surface area contributed by atoms with Gasteiger partial charge in [-0.1, -0.05) is 24.3 Å². The number of aromatic nitrogens is 2. The number of nitrogens with zero attached hydrogens (tertiary/aromatic N) is 6. The zero-order chi connectivity index (χ0) is 31.8. The molecule has 0 aliphatic carbocycles. The van der Waals surface area contributed by atoms with Gasteiger partial charge in [-0.3, -0.25) is 0 Å². The third-order valence-electron chi connectivity index (χ3n) is 9.00. The highest BCUT2D eigenvalue weighted by atomic mass is 16.3. The molecular weight excluding hydrogens is 580 g/mol. The zero-order valence-electron chi connectivity index (χ0n) is 24.5. The first-order chi connectivity index (χ1) is 23.1. The minimum Gasteiger partial charge on any atom is -0.456 e. The van der Waals surface area contributed by atoms with Crippen LogP contribution in [-0.2, 0) is 0 Å². The summed E-state index contributed by atoms with van der Waals surface area (Å²) >= 11 is 0. The highest BCUT2D eigenvalue weighted by Crippen LogP contribution is 2.39. The molecule has 3 heterocycles. The Bertz CT molecular complexity index is 2670. The van der Waals surface area contributed by atoms with Crippen LogP contribution in [0.5, 0.6) is 0 Å². The van der Waals surface area contributed by atoms with Crippen LogP contribution in [0.3, 0.4) is 0 Å². The van der Waals surface area contributed by atoms with E-state index in [0.29, 0.717) is 22.3 Å². The molecule has 6 aromatic carbocycles. The largest absolute Gasteiger partial charge is 0.456 e. The van der Waals surface area contributed by atoms with Crippen LogP contribution in [0.1, 0.15) is 22.3 Å². The van der Waals surface area contributed by atoms with E-state index in [1.807, 2.05) is 97.1 Å². The number of furan rings is 1. The molecule has 214 valence electrons. The lowest BCUT2D eigenvalue weighted by molar-refractivity contribution is 0.669.